The third kappa shape index (κ3) is 5.76. The highest BCUT2D eigenvalue weighted by Crippen LogP contribution is 2.18. The molecule has 0 N–H and O–H groups in total. The number of rotatable bonds is 9. The van der Waals surface area contributed by atoms with Gasteiger partial charge in [0.2, 0.25) is 10.0 Å². The number of hydrogen-bond acceptors (Lipinski definition) is 5. The highest BCUT2D eigenvalue weighted by Gasteiger charge is 2.21. The van der Waals surface area contributed by atoms with Crippen molar-refractivity contribution in [3.8, 4) is 11.8 Å². The fraction of sp³-hybridized carbons (Fsp3) is 0.273. The molecule has 0 aliphatic carbocycles. The van der Waals surface area contributed by atoms with Crippen molar-refractivity contribution in [1.82, 2.24) is 4.31 Å². The Kier molecular flexibility index (Phi) is 7.71. The molecule has 2 rings (SSSR count). The number of benzene rings is 2. The van der Waals surface area contributed by atoms with Gasteiger partial charge in [0.05, 0.1) is 4.90 Å². The Labute approximate surface area is 172 Å². The summed E-state index contributed by atoms with van der Waals surface area (Å²) >= 11 is 0. The lowest BCUT2D eigenvalue weighted by Crippen LogP contribution is -2.30. The predicted octanol–water partition coefficient (Wildman–Crippen LogP) is 3.90. The Morgan fingerprint density at radius 3 is 2.21 bits per heavy atom. The van der Waals surface area contributed by atoms with Gasteiger partial charge in [-0.2, -0.15) is 9.57 Å². The van der Waals surface area contributed by atoms with Gasteiger partial charge in [0.25, 0.3) is 0 Å². The minimum absolute atomic E-state index is 0.170. The number of hydrogen-bond donors (Lipinski definition) is 0. The minimum atomic E-state index is -3.54. The van der Waals surface area contributed by atoms with Gasteiger partial charge >= 0.3 is 0 Å². The molecule has 0 bridgehead atoms. The topological polar surface area (TPSA) is 87.5 Å². The Bertz CT molecular complexity index is 1000. The van der Waals surface area contributed by atoms with Crippen molar-refractivity contribution in [1.29, 1.82) is 5.26 Å². The Morgan fingerprint density at radius 2 is 1.69 bits per heavy atom. The summed E-state index contributed by atoms with van der Waals surface area (Å²) in [7, 11) is -3.54. The second-order valence-corrected chi connectivity index (χ2v) is 8.21. The van der Waals surface area contributed by atoms with Crippen LogP contribution in [-0.2, 0) is 10.0 Å². The van der Waals surface area contributed by atoms with Crippen LogP contribution in [0.3, 0.4) is 0 Å². The molecule has 0 radical (unpaired) electrons. The first-order chi connectivity index (χ1) is 13.8. The van der Waals surface area contributed by atoms with Crippen molar-refractivity contribution in [2.75, 3.05) is 13.1 Å². The summed E-state index contributed by atoms with van der Waals surface area (Å²) < 4.78 is 31.7. The molecule has 152 valence electrons. The molecule has 0 saturated carbocycles. The number of nitriles is 1. The van der Waals surface area contributed by atoms with E-state index in [2.05, 4.69) is 0 Å². The molecule has 0 aromatic heterocycles. The molecule has 0 aliphatic rings. The molecule has 2 aromatic rings. The Morgan fingerprint density at radius 1 is 1.10 bits per heavy atom. The zero-order valence-electron chi connectivity index (χ0n) is 16.7. The second-order valence-electron chi connectivity index (χ2n) is 6.27. The number of ketones is 1. The van der Waals surface area contributed by atoms with Gasteiger partial charge < -0.3 is 4.74 Å². The van der Waals surface area contributed by atoms with Crippen LogP contribution >= 0.6 is 0 Å². The summed E-state index contributed by atoms with van der Waals surface area (Å²) in [5.74, 6) is 0.350. The SMILES string of the molecule is CCN(CC)S(=O)(=O)c1ccc(C(=O)/C=C/c2ccc(OC(C)C#N)cc2)cc1. The third-order valence-electron chi connectivity index (χ3n) is 4.28. The van der Waals surface area contributed by atoms with Crippen LogP contribution in [0.2, 0.25) is 0 Å². The summed E-state index contributed by atoms with van der Waals surface area (Å²) in [6.07, 6.45) is 2.56. The third-order valence-corrected chi connectivity index (χ3v) is 6.35. The first-order valence-corrected chi connectivity index (χ1v) is 10.7. The van der Waals surface area contributed by atoms with Gasteiger partial charge in [-0.3, -0.25) is 4.79 Å². The van der Waals surface area contributed by atoms with E-state index in [4.69, 9.17) is 10.00 Å². The van der Waals surface area contributed by atoms with Crippen LogP contribution in [0.1, 0.15) is 36.7 Å². The molecule has 2 aromatic carbocycles. The zero-order chi connectivity index (χ0) is 21.4. The van der Waals surface area contributed by atoms with Crippen molar-refractivity contribution in [2.24, 2.45) is 0 Å². The maximum atomic E-state index is 12.5. The van der Waals surface area contributed by atoms with Crippen molar-refractivity contribution in [3.63, 3.8) is 0 Å². The van der Waals surface area contributed by atoms with E-state index in [1.165, 1.54) is 34.6 Å². The van der Waals surface area contributed by atoms with Gasteiger partial charge in [-0.1, -0.05) is 32.1 Å². The normalized spacial score (nSPS) is 12.7. The average molecular weight is 413 g/mol. The number of sulfonamides is 1. The molecule has 7 heteroatoms. The van der Waals surface area contributed by atoms with E-state index < -0.39 is 16.1 Å². The van der Waals surface area contributed by atoms with E-state index in [1.54, 1.807) is 51.1 Å². The summed E-state index contributed by atoms with van der Waals surface area (Å²) in [5, 5.41) is 8.76. The summed E-state index contributed by atoms with van der Waals surface area (Å²) in [4.78, 5) is 12.5. The number of carbonyl (C=O) groups excluding carboxylic acids is 1. The van der Waals surface area contributed by atoms with E-state index >= 15 is 0 Å². The van der Waals surface area contributed by atoms with Gasteiger partial charge in [-0.15, -0.1) is 0 Å². The monoisotopic (exact) mass is 412 g/mol. The summed E-state index contributed by atoms with van der Waals surface area (Å²) in [6.45, 7) is 6.01. The van der Waals surface area contributed by atoms with Crippen molar-refractivity contribution < 1.29 is 17.9 Å². The molecule has 0 heterocycles. The molecule has 6 nitrogen and oxygen atoms in total. The van der Waals surface area contributed by atoms with Gasteiger partial charge in [0, 0.05) is 18.7 Å². The number of carbonyl (C=O) groups is 1. The standard InChI is InChI=1S/C22H24N2O4S/c1-4-24(5-2)29(26,27)21-13-9-19(10-14-21)22(25)15-8-18-6-11-20(12-7-18)28-17(3)16-23/h6-15,17H,4-5H2,1-3H3/b15-8+. The summed E-state index contributed by atoms with van der Waals surface area (Å²) in [5.41, 5.74) is 1.21. The van der Waals surface area contributed by atoms with E-state index in [0.717, 1.165) is 5.56 Å². The van der Waals surface area contributed by atoms with Gasteiger partial charge in [-0.05, 0) is 55.0 Å². The quantitative estimate of drug-likeness (QED) is 0.460. The first-order valence-electron chi connectivity index (χ1n) is 9.30. The van der Waals surface area contributed by atoms with Crippen LogP contribution < -0.4 is 4.74 Å². The first kappa shape index (κ1) is 22.3. The second kappa shape index (κ2) is 10.0. The fourth-order valence-corrected chi connectivity index (χ4v) is 4.12. The molecular formula is C22H24N2O4S. The number of allylic oxidation sites excluding steroid dienone is 1. The van der Waals surface area contributed by atoms with E-state index in [0.29, 0.717) is 24.4 Å². The van der Waals surface area contributed by atoms with Gasteiger partial charge in [-0.25, -0.2) is 8.42 Å². The van der Waals surface area contributed by atoms with Crippen LogP contribution in [0.5, 0.6) is 5.75 Å². The highest BCUT2D eigenvalue weighted by atomic mass is 32.2. The largest absolute Gasteiger partial charge is 0.476 e. The minimum Gasteiger partial charge on any atom is -0.476 e. The molecule has 0 fully saturated rings. The van der Waals surface area contributed by atoms with Crippen LogP contribution in [0.4, 0.5) is 0 Å². The number of nitrogens with zero attached hydrogens (tertiary/aromatic N) is 2. The molecule has 0 spiro atoms. The van der Waals surface area contributed by atoms with Crippen molar-refractivity contribution in [3.05, 3.63) is 65.7 Å². The molecule has 0 aliphatic heterocycles. The molecule has 1 atom stereocenters. The van der Waals surface area contributed by atoms with Gasteiger partial charge in [0.1, 0.15) is 11.8 Å². The van der Waals surface area contributed by atoms with Crippen LogP contribution in [0.25, 0.3) is 6.08 Å². The molecule has 0 amide bonds. The van der Waals surface area contributed by atoms with Crippen molar-refractivity contribution >= 4 is 21.9 Å². The lowest BCUT2D eigenvalue weighted by molar-refractivity contribution is 0.104. The maximum absolute atomic E-state index is 12.5. The smallest absolute Gasteiger partial charge is 0.243 e. The average Bonchev–Trinajstić information content (AvgIpc) is 2.73. The van der Waals surface area contributed by atoms with Crippen LogP contribution in [0.15, 0.2) is 59.5 Å². The molecular weight excluding hydrogens is 388 g/mol. The van der Waals surface area contributed by atoms with E-state index in [1.807, 2.05) is 6.07 Å². The zero-order valence-corrected chi connectivity index (χ0v) is 17.5. The van der Waals surface area contributed by atoms with E-state index in [9.17, 15) is 13.2 Å². The van der Waals surface area contributed by atoms with E-state index in [-0.39, 0.29) is 10.7 Å². The maximum Gasteiger partial charge on any atom is 0.243 e. The lowest BCUT2D eigenvalue weighted by Gasteiger charge is -2.18. The number of ether oxygens (including phenoxy) is 1. The molecule has 29 heavy (non-hydrogen) atoms. The van der Waals surface area contributed by atoms with Gasteiger partial charge in [0.15, 0.2) is 11.9 Å². The lowest BCUT2D eigenvalue weighted by atomic mass is 10.1. The van der Waals surface area contributed by atoms with Crippen LogP contribution in [-0.4, -0.2) is 37.7 Å². The molecule has 1 unspecified atom stereocenters. The predicted molar refractivity (Wildman–Crippen MR) is 112 cm³/mol. The highest BCUT2D eigenvalue weighted by molar-refractivity contribution is 7.89. The summed E-state index contributed by atoms with van der Waals surface area (Å²) in [6, 6.07) is 15.0. The Hall–Kier alpha value is -2.95. The molecule has 0 saturated heterocycles. The Balaban J connectivity index is 2.08. The fourth-order valence-electron chi connectivity index (χ4n) is 2.66. The van der Waals surface area contributed by atoms with Crippen LogP contribution in [0, 0.1) is 11.3 Å². The van der Waals surface area contributed by atoms with Crippen molar-refractivity contribution in [2.45, 2.75) is 31.8 Å².